The maximum Gasteiger partial charge on any atom is 0.410 e. The molecule has 1 amide bonds. The normalized spacial score (nSPS) is 17.7. The van der Waals surface area contributed by atoms with Crippen LogP contribution in [0.25, 0.3) is 11.0 Å². The van der Waals surface area contributed by atoms with E-state index in [1.807, 2.05) is 31.7 Å². The van der Waals surface area contributed by atoms with Crippen LogP contribution in [-0.4, -0.2) is 60.4 Å². The molecular formula is C26H39N3O4. The fourth-order valence-corrected chi connectivity index (χ4v) is 4.40. The summed E-state index contributed by atoms with van der Waals surface area (Å²) < 4.78 is 17.3. The van der Waals surface area contributed by atoms with E-state index in [0.717, 1.165) is 74.3 Å². The van der Waals surface area contributed by atoms with E-state index in [1.165, 1.54) is 18.4 Å². The van der Waals surface area contributed by atoms with Gasteiger partial charge in [0, 0.05) is 36.7 Å². The Balaban J connectivity index is 1.36. The van der Waals surface area contributed by atoms with Gasteiger partial charge in [-0.1, -0.05) is 5.16 Å². The Morgan fingerprint density at radius 1 is 1.15 bits per heavy atom. The lowest BCUT2D eigenvalue weighted by Gasteiger charge is -2.33. The van der Waals surface area contributed by atoms with Crippen LogP contribution in [-0.2, 0) is 17.7 Å². The Labute approximate surface area is 197 Å². The van der Waals surface area contributed by atoms with Gasteiger partial charge in [0.05, 0.1) is 12.3 Å². The van der Waals surface area contributed by atoms with Crippen molar-refractivity contribution in [1.82, 2.24) is 15.0 Å². The van der Waals surface area contributed by atoms with Gasteiger partial charge in [-0.15, -0.1) is 0 Å². The van der Waals surface area contributed by atoms with Gasteiger partial charge < -0.3 is 23.8 Å². The summed E-state index contributed by atoms with van der Waals surface area (Å²) in [5.41, 5.74) is 2.56. The van der Waals surface area contributed by atoms with Gasteiger partial charge in [0.2, 0.25) is 0 Å². The maximum atomic E-state index is 12.3. The molecule has 0 N–H and O–H groups in total. The topological polar surface area (TPSA) is 68.0 Å². The lowest BCUT2D eigenvalue weighted by Crippen LogP contribution is -2.41. The number of likely N-dealkylation sites (tertiary alicyclic amines) is 1. The fourth-order valence-electron chi connectivity index (χ4n) is 4.40. The molecule has 1 aliphatic heterocycles. The van der Waals surface area contributed by atoms with Gasteiger partial charge in [0.15, 0.2) is 5.58 Å². The molecule has 0 radical (unpaired) electrons. The summed E-state index contributed by atoms with van der Waals surface area (Å²) in [6.07, 6.45) is 6.28. The molecule has 1 aliphatic carbocycles. The van der Waals surface area contributed by atoms with E-state index < -0.39 is 5.60 Å². The number of ether oxygens (including phenoxy) is 2. The van der Waals surface area contributed by atoms with Crippen molar-refractivity contribution in [2.75, 3.05) is 33.8 Å². The molecule has 2 fully saturated rings. The number of aromatic nitrogens is 1. The molecule has 4 rings (SSSR count). The van der Waals surface area contributed by atoms with Gasteiger partial charge in [0.1, 0.15) is 11.4 Å². The third kappa shape index (κ3) is 6.62. The van der Waals surface area contributed by atoms with Gasteiger partial charge >= 0.3 is 6.09 Å². The first-order chi connectivity index (χ1) is 15.7. The molecule has 2 heterocycles. The van der Waals surface area contributed by atoms with Crippen LogP contribution in [0, 0.1) is 11.8 Å². The van der Waals surface area contributed by atoms with E-state index in [4.69, 9.17) is 14.0 Å². The molecule has 7 nitrogen and oxygen atoms in total. The Bertz CT molecular complexity index is 950. The van der Waals surface area contributed by atoms with Crippen LogP contribution in [0.1, 0.15) is 64.1 Å². The van der Waals surface area contributed by atoms with E-state index in [1.54, 1.807) is 0 Å². The Morgan fingerprint density at radius 3 is 2.52 bits per heavy atom. The minimum atomic E-state index is -0.448. The molecule has 2 aliphatic rings. The molecule has 2 aromatic rings. The van der Waals surface area contributed by atoms with Crippen molar-refractivity contribution in [3.05, 3.63) is 23.4 Å². The Hall–Kier alpha value is -2.28. The monoisotopic (exact) mass is 457 g/mol. The van der Waals surface area contributed by atoms with Crippen molar-refractivity contribution in [1.29, 1.82) is 0 Å². The first kappa shape index (κ1) is 23.9. The molecular weight excluding hydrogens is 418 g/mol. The molecule has 1 aromatic heterocycles. The van der Waals surface area contributed by atoms with E-state index in [2.05, 4.69) is 30.2 Å². The van der Waals surface area contributed by atoms with Crippen molar-refractivity contribution in [3.8, 4) is 5.75 Å². The Morgan fingerprint density at radius 2 is 1.88 bits per heavy atom. The summed E-state index contributed by atoms with van der Waals surface area (Å²) in [5, 5.41) is 5.50. The van der Waals surface area contributed by atoms with Crippen molar-refractivity contribution in [2.24, 2.45) is 11.8 Å². The van der Waals surface area contributed by atoms with Crippen molar-refractivity contribution in [3.63, 3.8) is 0 Å². The summed E-state index contributed by atoms with van der Waals surface area (Å²) in [6.45, 7) is 8.85. The average molecular weight is 458 g/mol. The minimum absolute atomic E-state index is 0.198. The highest BCUT2D eigenvalue weighted by Gasteiger charge is 2.27. The minimum Gasteiger partial charge on any atom is -0.493 e. The first-order valence-electron chi connectivity index (χ1n) is 12.3. The fraction of sp³-hybridized carbons (Fsp3) is 0.692. The van der Waals surface area contributed by atoms with Gasteiger partial charge in [-0.3, -0.25) is 0 Å². The van der Waals surface area contributed by atoms with Crippen LogP contribution in [0.5, 0.6) is 5.75 Å². The zero-order chi connectivity index (χ0) is 23.6. The third-order valence-electron chi connectivity index (χ3n) is 6.44. The van der Waals surface area contributed by atoms with Crippen LogP contribution in [0.2, 0.25) is 0 Å². The predicted molar refractivity (Wildman–Crippen MR) is 128 cm³/mol. The van der Waals surface area contributed by atoms with Crippen molar-refractivity contribution in [2.45, 2.75) is 71.4 Å². The number of rotatable bonds is 8. The molecule has 0 spiro atoms. The number of benzene rings is 1. The summed E-state index contributed by atoms with van der Waals surface area (Å²) in [6, 6.07) is 4.22. The molecule has 1 aromatic carbocycles. The molecule has 0 bridgehead atoms. The number of carbonyl (C=O) groups is 1. The molecule has 1 saturated heterocycles. The van der Waals surface area contributed by atoms with E-state index in [9.17, 15) is 4.79 Å². The second-order valence-corrected chi connectivity index (χ2v) is 11.0. The zero-order valence-corrected chi connectivity index (χ0v) is 20.9. The van der Waals surface area contributed by atoms with Gasteiger partial charge in [0.25, 0.3) is 0 Å². The smallest absolute Gasteiger partial charge is 0.410 e. The van der Waals surface area contributed by atoms with Crippen molar-refractivity contribution < 1.29 is 18.8 Å². The number of piperidine rings is 1. The number of nitrogens with zero attached hydrogens (tertiary/aromatic N) is 3. The maximum absolute atomic E-state index is 12.3. The number of fused-ring (bicyclic) bond motifs is 1. The number of carbonyl (C=O) groups excluding carboxylic acids is 1. The summed E-state index contributed by atoms with van der Waals surface area (Å²) in [7, 11) is 4.15. The van der Waals surface area contributed by atoms with E-state index in [0.29, 0.717) is 11.8 Å². The van der Waals surface area contributed by atoms with E-state index in [-0.39, 0.29) is 6.09 Å². The molecule has 7 heteroatoms. The quantitative estimate of drug-likeness (QED) is 0.539. The summed E-state index contributed by atoms with van der Waals surface area (Å²) in [4.78, 5) is 16.3. The van der Waals surface area contributed by atoms with Gasteiger partial charge in [-0.2, -0.15) is 0 Å². The molecule has 1 saturated carbocycles. The summed E-state index contributed by atoms with van der Waals surface area (Å²) in [5.74, 6) is 2.21. The van der Waals surface area contributed by atoms with Crippen LogP contribution in [0.15, 0.2) is 16.7 Å². The number of amides is 1. The number of hydrogen-bond donors (Lipinski definition) is 0. The second kappa shape index (κ2) is 9.92. The molecule has 182 valence electrons. The number of aryl methyl sites for hydroxylation is 1. The summed E-state index contributed by atoms with van der Waals surface area (Å²) >= 11 is 0. The van der Waals surface area contributed by atoms with Gasteiger partial charge in [-0.05, 0) is 91.3 Å². The predicted octanol–water partition coefficient (Wildman–Crippen LogP) is 5.26. The number of hydrogen-bond acceptors (Lipinski definition) is 6. The second-order valence-electron chi connectivity index (χ2n) is 11.0. The highest BCUT2D eigenvalue weighted by molar-refractivity contribution is 5.82. The van der Waals surface area contributed by atoms with Gasteiger partial charge in [-0.25, -0.2) is 4.79 Å². The Kier molecular flexibility index (Phi) is 7.17. The first-order valence-corrected chi connectivity index (χ1v) is 12.3. The van der Waals surface area contributed by atoms with Crippen molar-refractivity contribution >= 4 is 17.1 Å². The highest BCUT2D eigenvalue weighted by atomic mass is 16.6. The van der Waals surface area contributed by atoms with Crippen LogP contribution < -0.4 is 4.74 Å². The lowest BCUT2D eigenvalue weighted by atomic mass is 9.91. The third-order valence-corrected chi connectivity index (χ3v) is 6.44. The van der Waals surface area contributed by atoms with Crippen LogP contribution >= 0.6 is 0 Å². The zero-order valence-electron chi connectivity index (χ0n) is 20.9. The van der Waals surface area contributed by atoms with Crippen LogP contribution in [0.4, 0.5) is 4.79 Å². The van der Waals surface area contributed by atoms with Crippen LogP contribution in [0.3, 0.4) is 0 Å². The SMILES string of the molecule is CN(C)Cc1cc2c(CCC3CCN(C(=O)OC(C)(C)C)CC3)noc2cc1OCC1CC1. The average Bonchev–Trinajstić information content (AvgIpc) is 3.49. The largest absolute Gasteiger partial charge is 0.493 e. The molecule has 0 unspecified atom stereocenters. The highest BCUT2D eigenvalue weighted by Crippen LogP contribution is 2.34. The lowest BCUT2D eigenvalue weighted by molar-refractivity contribution is 0.0181. The molecule has 33 heavy (non-hydrogen) atoms. The standard InChI is InChI=1S/C26H39N3O4/c1-26(2,3)32-25(30)29-12-10-18(11-13-29)8-9-22-21-14-20(16-28(4)5)23(15-24(21)33-27-22)31-17-19-6-7-19/h14-15,18-19H,6-13,16-17H2,1-5H3. The molecule has 0 atom stereocenters. The van der Waals surface area contributed by atoms with E-state index >= 15 is 0 Å².